The molecule has 5 nitrogen and oxygen atoms in total. The largest absolute Gasteiger partial charge is 0.497 e. The molecular formula is C16H16F3N3O2. The number of aryl methyl sites for hydroxylation is 1. The standard InChI is InChI=1S/C16H16F3N3O2/c1-10-9-13(15(23)21-8-7-14(21)16(17,18)19)20-22(10)11-3-5-12(24-2)6-4-11/h3-6,9,14H,7-8H2,1-2H3. The second-order valence-electron chi connectivity index (χ2n) is 5.63. The van der Waals surface area contributed by atoms with Crippen LogP contribution < -0.4 is 4.74 Å². The van der Waals surface area contributed by atoms with E-state index in [9.17, 15) is 18.0 Å². The van der Waals surface area contributed by atoms with E-state index < -0.39 is 18.1 Å². The van der Waals surface area contributed by atoms with Crippen molar-refractivity contribution in [3.05, 3.63) is 41.7 Å². The van der Waals surface area contributed by atoms with Gasteiger partial charge in [0.15, 0.2) is 5.69 Å². The second kappa shape index (κ2) is 5.85. The van der Waals surface area contributed by atoms with Crippen LogP contribution >= 0.6 is 0 Å². The number of nitrogens with zero attached hydrogens (tertiary/aromatic N) is 3. The molecule has 0 saturated carbocycles. The van der Waals surface area contributed by atoms with Crippen molar-refractivity contribution >= 4 is 5.91 Å². The van der Waals surface area contributed by atoms with E-state index >= 15 is 0 Å². The fourth-order valence-electron chi connectivity index (χ4n) is 2.68. The number of benzene rings is 1. The molecule has 1 aliphatic rings. The Kier molecular flexibility index (Phi) is 3.98. The first kappa shape index (κ1) is 16.4. The molecule has 1 aromatic carbocycles. The maximum absolute atomic E-state index is 12.8. The lowest BCUT2D eigenvalue weighted by atomic mass is 10.0. The number of carbonyl (C=O) groups excluding carboxylic acids is 1. The van der Waals surface area contributed by atoms with Crippen LogP contribution in [0.4, 0.5) is 13.2 Å². The molecule has 1 aliphatic heterocycles. The van der Waals surface area contributed by atoms with Gasteiger partial charge in [-0.05, 0) is 43.7 Å². The van der Waals surface area contributed by atoms with Crippen molar-refractivity contribution in [2.75, 3.05) is 13.7 Å². The summed E-state index contributed by atoms with van der Waals surface area (Å²) in [6, 6.07) is 6.79. The van der Waals surface area contributed by atoms with Gasteiger partial charge in [0.25, 0.3) is 5.91 Å². The predicted molar refractivity (Wildman–Crippen MR) is 80.3 cm³/mol. The van der Waals surface area contributed by atoms with Gasteiger partial charge >= 0.3 is 6.18 Å². The Morgan fingerprint density at radius 3 is 2.46 bits per heavy atom. The van der Waals surface area contributed by atoms with Crippen molar-refractivity contribution in [3.8, 4) is 11.4 Å². The van der Waals surface area contributed by atoms with E-state index in [-0.39, 0.29) is 18.7 Å². The zero-order valence-corrected chi connectivity index (χ0v) is 13.2. The van der Waals surface area contributed by atoms with E-state index in [1.807, 2.05) is 0 Å². The number of rotatable bonds is 3. The van der Waals surface area contributed by atoms with Crippen LogP contribution in [0.3, 0.4) is 0 Å². The first-order chi connectivity index (χ1) is 11.3. The number of carbonyl (C=O) groups is 1. The minimum Gasteiger partial charge on any atom is -0.497 e. The Balaban J connectivity index is 1.84. The number of halogens is 3. The summed E-state index contributed by atoms with van der Waals surface area (Å²) < 4.78 is 45.1. The Bertz CT molecular complexity index is 753. The highest BCUT2D eigenvalue weighted by Gasteiger charge is 2.51. The first-order valence-corrected chi connectivity index (χ1v) is 7.40. The highest BCUT2D eigenvalue weighted by atomic mass is 19.4. The van der Waals surface area contributed by atoms with Gasteiger partial charge in [-0.3, -0.25) is 4.79 Å². The van der Waals surface area contributed by atoms with Gasteiger partial charge in [0, 0.05) is 12.2 Å². The van der Waals surface area contributed by atoms with E-state index in [1.165, 1.54) is 10.7 Å². The average Bonchev–Trinajstić information content (AvgIpc) is 2.86. The van der Waals surface area contributed by atoms with E-state index in [1.54, 1.807) is 38.3 Å². The van der Waals surface area contributed by atoms with Gasteiger partial charge in [0.2, 0.25) is 0 Å². The molecule has 24 heavy (non-hydrogen) atoms. The smallest absolute Gasteiger partial charge is 0.408 e. The molecule has 1 unspecified atom stereocenters. The molecule has 2 heterocycles. The number of alkyl halides is 3. The summed E-state index contributed by atoms with van der Waals surface area (Å²) in [7, 11) is 1.55. The van der Waals surface area contributed by atoms with Crippen molar-refractivity contribution < 1.29 is 22.7 Å². The first-order valence-electron chi connectivity index (χ1n) is 7.40. The molecular weight excluding hydrogens is 323 g/mol. The molecule has 3 rings (SSSR count). The molecule has 1 fully saturated rings. The Hall–Kier alpha value is -2.51. The summed E-state index contributed by atoms with van der Waals surface area (Å²) >= 11 is 0. The normalized spacial score (nSPS) is 17.5. The average molecular weight is 339 g/mol. The molecule has 8 heteroatoms. The Morgan fingerprint density at radius 1 is 1.29 bits per heavy atom. The lowest BCUT2D eigenvalue weighted by molar-refractivity contribution is -0.199. The van der Waals surface area contributed by atoms with Gasteiger partial charge in [0.1, 0.15) is 11.8 Å². The third-order valence-corrected chi connectivity index (χ3v) is 4.08. The second-order valence-corrected chi connectivity index (χ2v) is 5.63. The van der Waals surface area contributed by atoms with Crippen LogP contribution in [0.15, 0.2) is 30.3 Å². The van der Waals surface area contributed by atoms with Gasteiger partial charge in [-0.25, -0.2) is 4.68 Å². The number of hydrogen-bond donors (Lipinski definition) is 0. The third kappa shape index (κ3) is 2.83. The van der Waals surface area contributed by atoms with Crippen LogP contribution in [0.2, 0.25) is 0 Å². The summed E-state index contributed by atoms with van der Waals surface area (Å²) in [5.74, 6) is -0.0209. The number of amides is 1. The molecule has 1 aromatic heterocycles. The maximum atomic E-state index is 12.8. The van der Waals surface area contributed by atoms with Gasteiger partial charge in [-0.15, -0.1) is 0 Å². The van der Waals surface area contributed by atoms with Gasteiger partial charge < -0.3 is 9.64 Å². The van der Waals surface area contributed by atoms with Gasteiger partial charge in [-0.1, -0.05) is 0 Å². The highest BCUT2D eigenvalue weighted by Crippen LogP contribution is 2.34. The molecule has 0 aliphatic carbocycles. The lowest BCUT2D eigenvalue weighted by Gasteiger charge is -2.41. The monoisotopic (exact) mass is 339 g/mol. The summed E-state index contributed by atoms with van der Waals surface area (Å²) in [5.41, 5.74) is 1.37. The number of methoxy groups -OCH3 is 1. The third-order valence-electron chi connectivity index (χ3n) is 4.08. The molecule has 1 saturated heterocycles. The van der Waals surface area contributed by atoms with Crippen LogP contribution in [0.25, 0.3) is 5.69 Å². The maximum Gasteiger partial charge on any atom is 0.408 e. The molecule has 128 valence electrons. The van der Waals surface area contributed by atoms with Crippen molar-refractivity contribution in [1.82, 2.24) is 14.7 Å². The molecule has 0 bridgehead atoms. The SMILES string of the molecule is COc1ccc(-n2nc(C(=O)N3CCC3C(F)(F)F)cc2C)cc1. The zero-order valence-electron chi connectivity index (χ0n) is 13.2. The van der Waals surface area contributed by atoms with Crippen molar-refractivity contribution in [2.45, 2.75) is 25.6 Å². The van der Waals surface area contributed by atoms with E-state index in [4.69, 9.17) is 4.74 Å². The van der Waals surface area contributed by atoms with E-state index in [0.717, 1.165) is 4.90 Å². The van der Waals surface area contributed by atoms with Crippen molar-refractivity contribution in [1.29, 1.82) is 0 Å². The number of likely N-dealkylation sites (tertiary alicyclic amines) is 1. The van der Waals surface area contributed by atoms with Crippen molar-refractivity contribution in [2.24, 2.45) is 0 Å². The molecule has 0 radical (unpaired) electrons. The van der Waals surface area contributed by atoms with Crippen LogP contribution in [-0.2, 0) is 0 Å². The fraction of sp³-hybridized carbons (Fsp3) is 0.375. The fourth-order valence-corrected chi connectivity index (χ4v) is 2.68. The number of ether oxygens (including phenoxy) is 1. The minimum absolute atomic E-state index is 0.0114. The molecule has 2 aromatic rings. The summed E-state index contributed by atoms with van der Waals surface area (Å²) in [6.07, 6.45) is -4.46. The van der Waals surface area contributed by atoms with Crippen LogP contribution in [0.5, 0.6) is 5.75 Å². The van der Waals surface area contributed by atoms with Gasteiger partial charge in [0.05, 0.1) is 12.8 Å². The zero-order chi connectivity index (χ0) is 17.5. The van der Waals surface area contributed by atoms with Crippen LogP contribution in [0.1, 0.15) is 22.6 Å². The lowest BCUT2D eigenvalue weighted by Crippen LogP contribution is -2.58. The Labute approximate surface area is 136 Å². The predicted octanol–water partition coefficient (Wildman–Crippen LogP) is 2.97. The number of hydrogen-bond acceptors (Lipinski definition) is 3. The van der Waals surface area contributed by atoms with Crippen LogP contribution in [-0.4, -0.2) is 46.5 Å². The van der Waals surface area contributed by atoms with E-state index in [2.05, 4.69) is 5.10 Å². The topological polar surface area (TPSA) is 47.4 Å². The summed E-state index contributed by atoms with van der Waals surface area (Å²) in [4.78, 5) is 13.1. The minimum atomic E-state index is -4.40. The summed E-state index contributed by atoms with van der Waals surface area (Å²) in [6.45, 7) is 1.84. The molecule has 0 spiro atoms. The summed E-state index contributed by atoms with van der Waals surface area (Å²) in [5, 5.41) is 4.17. The Morgan fingerprint density at radius 2 is 1.96 bits per heavy atom. The molecule has 1 atom stereocenters. The van der Waals surface area contributed by atoms with Crippen LogP contribution in [0, 0.1) is 6.92 Å². The number of aromatic nitrogens is 2. The van der Waals surface area contributed by atoms with Crippen molar-refractivity contribution in [3.63, 3.8) is 0 Å². The van der Waals surface area contributed by atoms with E-state index in [0.29, 0.717) is 17.1 Å². The molecule has 0 N–H and O–H groups in total. The molecule has 1 amide bonds. The van der Waals surface area contributed by atoms with Gasteiger partial charge in [-0.2, -0.15) is 18.3 Å². The highest BCUT2D eigenvalue weighted by molar-refractivity contribution is 5.93. The quantitative estimate of drug-likeness (QED) is 0.864.